The summed E-state index contributed by atoms with van der Waals surface area (Å²) in [7, 11) is 0. The van der Waals surface area contributed by atoms with E-state index in [-0.39, 0.29) is 16.8 Å². The van der Waals surface area contributed by atoms with Crippen LogP contribution >= 0.6 is 11.8 Å². The molecule has 1 unspecified atom stereocenters. The van der Waals surface area contributed by atoms with Crippen LogP contribution in [0.15, 0.2) is 29.7 Å². The molecule has 0 amide bonds. The van der Waals surface area contributed by atoms with Crippen molar-refractivity contribution in [2.75, 3.05) is 0 Å². The zero-order valence-corrected chi connectivity index (χ0v) is 17.8. The molecule has 0 aliphatic rings. The molecule has 0 spiro atoms. The molecule has 0 saturated carbocycles. The minimum atomic E-state index is -0.384. The van der Waals surface area contributed by atoms with Crippen molar-refractivity contribution in [1.29, 1.82) is 0 Å². The first-order valence-corrected chi connectivity index (χ1v) is 9.97. The van der Waals surface area contributed by atoms with Crippen molar-refractivity contribution in [3.63, 3.8) is 0 Å². The van der Waals surface area contributed by atoms with Gasteiger partial charge in [0.25, 0.3) is 0 Å². The summed E-state index contributed by atoms with van der Waals surface area (Å²) in [5.41, 5.74) is 5.80. The van der Waals surface area contributed by atoms with E-state index < -0.39 is 0 Å². The first kappa shape index (κ1) is 20.1. The van der Waals surface area contributed by atoms with Crippen molar-refractivity contribution in [2.45, 2.75) is 51.9 Å². The maximum absolute atomic E-state index is 13.0. The number of aromatic amines is 1. The van der Waals surface area contributed by atoms with E-state index in [2.05, 4.69) is 28.2 Å². The maximum Gasteiger partial charge on any atom is 0.196 e. The second-order valence-electron chi connectivity index (χ2n) is 7.08. The molecule has 0 aliphatic carbocycles. The van der Waals surface area contributed by atoms with E-state index in [4.69, 9.17) is 0 Å². The highest BCUT2D eigenvalue weighted by Gasteiger charge is 2.25. The van der Waals surface area contributed by atoms with Crippen LogP contribution in [0.25, 0.3) is 5.69 Å². The predicted octanol–water partition coefficient (Wildman–Crippen LogP) is 4.40. The number of ketones is 2. The first-order chi connectivity index (χ1) is 13.2. The Hall–Kier alpha value is -2.67. The summed E-state index contributed by atoms with van der Waals surface area (Å²) in [6.45, 7) is 11.1. The van der Waals surface area contributed by atoms with Gasteiger partial charge in [-0.25, -0.2) is 0 Å². The zero-order valence-electron chi connectivity index (χ0n) is 17.0. The Morgan fingerprint density at radius 2 is 1.89 bits per heavy atom. The quantitative estimate of drug-likeness (QED) is 0.493. The van der Waals surface area contributed by atoms with Crippen LogP contribution in [0.1, 0.15) is 57.1 Å². The number of aromatic nitrogens is 4. The number of carbonyl (C=O) groups is 2. The van der Waals surface area contributed by atoms with E-state index in [1.54, 1.807) is 6.33 Å². The molecule has 0 aliphatic heterocycles. The second kappa shape index (κ2) is 7.75. The van der Waals surface area contributed by atoms with Crippen LogP contribution in [0.2, 0.25) is 0 Å². The Morgan fingerprint density at radius 3 is 2.50 bits per heavy atom. The molecule has 0 saturated heterocycles. The number of benzene rings is 1. The molecular formula is C21H24N4O2S. The molecule has 0 fully saturated rings. The average Bonchev–Trinajstić information content (AvgIpc) is 3.18. The highest BCUT2D eigenvalue weighted by atomic mass is 32.2. The minimum absolute atomic E-state index is 0.0415. The largest absolute Gasteiger partial charge is 0.355 e. The Kier molecular flexibility index (Phi) is 5.56. The summed E-state index contributed by atoms with van der Waals surface area (Å²) >= 11 is 1.35. The van der Waals surface area contributed by atoms with E-state index in [1.807, 2.05) is 44.4 Å². The Labute approximate surface area is 168 Å². The molecule has 1 aromatic carbocycles. The van der Waals surface area contributed by atoms with E-state index in [0.29, 0.717) is 22.0 Å². The minimum Gasteiger partial charge on any atom is -0.355 e. The van der Waals surface area contributed by atoms with Gasteiger partial charge in [-0.1, -0.05) is 29.5 Å². The Bertz CT molecular complexity index is 1060. The molecule has 3 rings (SSSR count). The number of thioether (sulfide) groups is 1. The van der Waals surface area contributed by atoms with Gasteiger partial charge in [0, 0.05) is 11.3 Å². The maximum atomic E-state index is 13.0. The van der Waals surface area contributed by atoms with E-state index >= 15 is 0 Å². The normalized spacial score (nSPS) is 12.2. The first-order valence-electron chi connectivity index (χ1n) is 9.09. The van der Waals surface area contributed by atoms with Crippen LogP contribution in [0.5, 0.6) is 0 Å². The molecule has 28 heavy (non-hydrogen) atoms. The molecule has 2 heterocycles. The lowest BCUT2D eigenvalue weighted by Gasteiger charge is -2.13. The van der Waals surface area contributed by atoms with Crippen molar-refractivity contribution in [3.05, 3.63) is 58.2 Å². The van der Waals surface area contributed by atoms with E-state index in [1.165, 1.54) is 24.2 Å². The number of hydrogen-bond acceptors (Lipinski definition) is 5. The van der Waals surface area contributed by atoms with Gasteiger partial charge in [0.1, 0.15) is 6.33 Å². The van der Waals surface area contributed by atoms with E-state index in [0.717, 1.165) is 16.9 Å². The van der Waals surface area contributed by atoms with Gasteiger partial charge in [-0.15, -0.1) is 10.2 Å². The summed E-state index contributed by atoms with van der Waals surface area (Å²) in [5, 5.41) is 8.51. The summed E-state index contributed by atoms with van der Waals surface area (Å²) in [6, 6.07) is 6.18. The number of Topliss-reactive ketones (excluding diaryl/α,β-unsaturated/α-hetero) is 2. The van der Waals surface area contributed by atoms with Crippen molar-refractivity contribution in [2.24, 2.45) is 0 Å². The summed E-state index contributed by atoms with van der Waals surface area (Å²) in [6.07, 6.45) is 1.66. The van der Waals surface area contributed by atoms with Crippen molar-refractivity contribution in [1.82, 2.24) is 19.7 Å². The van der Waals surface area contributed by atoms with Gasteiger partial charge >= 0.3 is 0 Å². The fraction of sp³-hybridized carbons (Fsp3) is 0.333. The lowest BCUT2D eigenvalue weighted by molar-refractivity contribution is 0.0988. The van der Waals surface area contributed by atoms with Gasteiger partial charge in [-0.05, 0) is 58.7 Å². The number of nitrogens with zero attached hydrogens (tertiary/aromatic N) is 3. The van der Waals surface area contributed by atoms with Crippen LogP contribution in [-0.2, 0) is 0 Å². The van der Waals surface area contributed by atoms with Crippen LogP contribution in [0, 0.1) is 27.7 Å². The zero-order chi connectivity index (χ0) is 20.6. The summed E-state index contributed by atoms with van der Waals surface area (Å²) in [5.74, 6) is -0.103. The van der Waals surface area contributed by atoms with Gasteiger partial charge in [-0.3, -0.25) is 14.2 Å². The van der Waals surface area contributed by atoms with Gasteiger partial charge in [-0.2, -0.15) is 0 Å². The molecule has 0 radical (unpaired) electrons. The van der Waals surface area contributed by atoms with Crippen LogP contribution in [0.4, 0.5) is 0 Å². The molecule has 6 nitrogen and oxygen atoms in total. The molecule has 2 aromatic heterocycles. The SMILES string of the molecule is CC(=O)c1c(C)[nH]c(C(=O)C(C)Sc2nncn2-c2ccc(C)cc2C)c1C. The topological polar surface area (TPSA) is 80.6 Å². The summed E-state index contributed by atoms with van der Waals surface area (Å²) < 4.78 is 1.90. The molecule has 0 bridgehead atoms. The third-order valence-electron chi connectivity index (χ3n) is 4.82. The van der Waals surface area contributed by atoms with Gasteiger partial charge in [0.2, 0.25) is 0 Å². The number of nitrogens with one attached hydrogen (secondary N) is 1. The van der Waals surface area contributed by atoms with Gasteiger partial charge in [0.05, 0.1) is 16.6 Å². The number of carbonyl (C=O) groups excluding carboxylic acids is 2. The Morgan fingerprint density at radius 1 is 1.18 bits per heavy atom. The summed E-state index contributed by atoms with van der Waals surface area (Å²) in [4.78, 5) is 28.0. The molecule has 146 valence electrons. The third kappa shape index (κ3) is 3.67. The lowest BCUT2D eigenvalue weighted by Crippen LogP contribution is -2.16. The molecular weight excluding hydrogens is 372 g/mol. The molecule has 7 heteroatoms. The van der Waals surface area contributed by atoms with Crippen LogP contribution < -0.4 is 0 Å². The number of hydrogen-bond donors (Lipinski definition) is 1. The smallest absolute Gasteiger partial charge is 0.196 e. The Balaban J connectivity index is 1.88. The average molecular weight is 397 g/mol. The highest BCUT2D eigenvalue weighted by Crippen LogP contribution is 2.29. The monoisotopic (exact) mass is 396 g/mol. The van der Waals surface area contributed by atoms with Crippen molar-refractivity contribution in [3.8, 4) is 5.69 Å². The number of aryl methyl sites for hydroxylation is 3. The van der Waals surface area contributed by atoms with Crippen LogP contribution in [-0.4, -0.2) is 36.6 Å². The standard InChI is InChI=1S/C21H24N4O2S/c1-11-7-8-17(12(2)9-11)25-10-22-24-21(25)28-16(6)20(27)19-13(3)18(15(5)26)14(4)23-19/h7-10,16,23H,1-6H3. The number of H-pyrrole nitrogens is 1. The lowest BCUT2D eigenvalue weighted by atomic mass is 10.0. The fourth-order valence-electron chi connectivity index (χ4n) is 3.49. The van der Waals surface area contributed by atoms with Crippen LogP contribution in [0.3, 0.4) is 0 Å². The van der Waals surface area contributed by atoms with E-state index in [9.17, 15) is 9.59 Å². The second-order valence-corrected chi connectivity index (χ2v) is 8.39. The molecule has 1 atom stereocenters. The van der Waals surface area contributed by atoms with Crippen molar-refractivity contribution < 1.29 is 9.59 Å². The fourth-order valence-corrected chi connectivity index (χ4v) is 4.38. The van der Waals surface area contributed by atoms with Gasteiger partial charge in [0.15, 0.2) is 16.7 Å². The molecule has 3 aromatic rings. The highest BCUT2D eigenvalue weighted by molar-refractivity contribution is 8.00. The predicted molar refractivity (Wildman–Crippen MR) is 111 cm³/mol. The molecule has 1 N–H and O–H groups in total. The number of rotatable bonds is 6. The van der Waals surface area contributed by atoms with Crippen molar-refractivity contribution >= 4 is 23.3 Å². The van der Waals surface area contributed by atoms with Gasteiger partial charge < -0.3 is 4.98 Å². The third-order valence-corrected chi connectivity index (χ3v) is 5.87.